The second-order valence-corrected chi connectivity index (χ2v) is 6.09. The standard InChI is InChI=1S/C21H29NO/c1-3-5-7-8-9-18-10-12-19(13-11-18)21-15-14-20(17-22-21)23-16-6-4-2/h10-15,17H,3-9,16H2,1-2H3. The van der Waals surface area contributed by atoms with Crippen molar-refractivity contribution in [3.05, 3.63) is 48.2 Å². The molecule has 0 aliphatic carbocycles. The fraction of sp³-hybridized carbons (Fsp3) is 0.476. The topological polar surface area (TPSA) is 22.1 Å². The molecule has 2 nitrogen and oxygen atoms in total. The van der Waals surface area contributed by atoms with E-state index in [-0.39, 0.29) is 0 Å². The SMILES string of the molecule is CCCCCCc1ccc(-c2ccc(OCCCC)cn2)cc1. The quantitative estimate of drug-likeness (QED) is 0.498. The smallest absolute Gasteiger partial charge is 0.137 e. The van der Waals surface area contributed by atoms with E-state index in [2.05, 4.69) is 43.1 Å². The Kier molecular flexibility index (Phi) is 7.65. The maximum Gasteiger partial charge on any atom is 0.137 e. The number of hydrogen-bond donors (Lipinski definition) is 0. The molecule has 0 unspecified atom stereocenters. The summed E-state index contributed by atoms with van der Waals surface area (Å²) in [5, 5.41) is 0. The van der Waals surface area contributed by atoms with Gasteiger partial charge in [-0.2, -0.15) is 0 Å². The molecule has 0 saturated heterocycles. The van der Waals surface area contributed by atoms with Crippen LogP contribution in [0, 0.1) is 0 Å². The van der Waals surface area contributed by atoms with E-state index in [9.17, 15) is 0 Å². The summed E-state index contributed by atoms with van der Waals surface area (Å²) in [7, 11) is 0. The number of aromatic nitrogens is 1. The molecule has 0 spiro atoms. The number of pyridine rings is 1. The Labute approximate surface area is 140 Å². The monoisotopic (exact) mass is 311 g/mol. The second kappa shape index (κ2) is 10.0. The fourth-order valence-corrected chi connectivity index (χ4v) is 2.57. The van der Waals surface area contributed by atoms with E-state index >= 15 is 0 Å². The Morgan fingerprint density at radius 3 is 2.26 bits per heavy atom. The van der Waals surface area contributed by atoms with Crippen LogP contribution in [0.2, 0.25) is 0 Å². The van der Waals surface area contributed by atoms with Gasteiger partial charge < -0.3 is 4.74 Å². The average Bonchev–Trinajstić information content (AvgIpc) is 2.60. The normalized spacial score (nSPS) is 10.7. The molecule has 0 aliphatic heterocycles. The summed E-state index contributed by atoms with van der Waals surface area (Å²) in [5.74, 6) is 0.856. The van der Waals surface area contributed by atoms with Gasteiger partial charge in [-0.25, -0.2) is 0 Å². The zero-order valence-electron chi connectivity index (χ0n) is 14.6. The molecule has 0 atom stereocenters. The van der Waals surface area contributed by atoms with Crippen LogP contribution in [0.3, 0.4) is 0 Å². The number of benzene rings is 1. The van der Waals surface area contributed by atoms with Gasteiger partial charge in [0.1, 0.15) is 5.75 Å². The van der Waals surface area contributed by atoms with E-state index in [1.807, 2.05) is 18.3 Å². The third-order valence-electron chi connectivity index (χ3n) is 4.07. The predicted molar refractivity (Wildman–Crippen MR) is 97.9 cm³/mol. The number of ether oxygens (including phenoxy) is 1. The molecule has 1 aromatic heterocycles. The molecule has 0 saturated carbocycles. The number of unbranched alkanes of at least 4 members (excludes halogenated alkanes) is 4. The lowest BCUT2D eigenvalue weighted by molar-refractivity contribution is 0.308. The van der Waals surface area contributed by atoms with Gasteiger partial charge in [0, 0.05) is 5.56 Å². The molecule has 2 aromatic rings. The second-order valence-electron chi connectivity index (χ2n) is 6.09. The van der Waals surface area contributed by atoms with E-state index in [1.165, 1.54) is 43.2 Å². The van der Waals surface area contributed by atoms with Crippen molar-refractivity contribution in [1.29, 1.82) is 0 Å². The number of hydrogen-bond acceptors (Lipinski definition) is 2. The average molecular weight is 311 g/mol. The molecule has 1 heterocycles. The summed E-state index contributed by atoms with van der Waals surface area (Å²) in [6, 6.07) is 12.9. The van der Waals surface area contributed by atoms with Crippen LogP contribution in [0.25, 0.3) is 11.3 Å². The zero-order valence-corrected chi connectivity index (χ0v) is 14.6. The van der Waals surface area contributed by atoms with Crippen LogP contribution in [-0.2, 0) is 6.42 Å². The van der Waals surface area contributed by atoms with Crippen molar-refractivity contribution in [2.75, 3.05) is 6.61 Å². The largest absolute Gasteiger partial charge is 0.492 e. The highest BCUT2D eigenvalue weighted by atomic mass is 16.5. The summed E-state index contributed by atoms with van der Waals surface area (Å²) in [4.78, 5) is 4.52. The fourth-order valence-electron chi connectivity index (χ4n) is 2.57. The van der Waals surface area contributed by atoms with Gasteiger partial charge in [-0.05, 0) is 37.0 Å². The van der Waals surface area contributed by atoms with Gasteiger partial charge in [0.15, 0.2) is 0 Å². The summed E-state index contributed by atoms with van der Waals surface area (Å²) in [6.07, 6.45) is 10.5. The van der Waals surface area contributed by atoms with Crippen LogP contribution in [-0.4, -0.2) is 11.6 Å². The van der Waals surface area contributed by atoms with Crippen LogP contribution in [0.1, 0.15) is 57.9 Å². The number of nitrogens with zero attached hydrogens (tertiary/aromatic N) is 1. The first-order valence-electron chi connectivity index (χ1n) is 9.01. The lowest BCUT2D eigenvalue weighted by Gasteiger charge is -2.07. The molecule has 0 radical (unpaired) electrons. The van der Waals surface area contributed by atoms with Crippen molar-refractivity contribution < 1.29 is 4.74 Å². The van der Waals surface area contributed by atoms with Gasteiger partial charge in [0.25, 0.3) is 0 Å². The molecule has 0 aliphatic rings. The molecular weight excluding hydrogens is 282 g/mol. The zero-order chi connectivity index (χ0) is 16.3. The van der Waals surface area contributed by atoms with Crippen LogP contribution in [0.4, 0.5) is 0 Å². The molecule has 0 bridgehead atoms. The van der Waals surface area contributed by atoms with Crippen molar-refractivity contribution >= 4 is 0 Å². The summed E-state index contributed by atoms with van der Waals surface area (Å²) in [6.45, 7) is 5.18. The van der Waals surface area contributed by atoms with Gasteiger partial charge >= 0.3 is 0 Å². The maximum absolute atomic E-state index is 5.66. The molecule has 1 aromatic carbocycles. The highest BCUT2D eigenvalue weighted by Crippen LogP contribution is 2.21. The Morgan fingerprint density at radius 1 is 0.826 bits per heavy atom. The molecule has 2 heteroatoms. The van der Waals surface area contributed by atoms with E-state index < -0.39 is 0 Å². The highest BCUT2D eigenvalue weighted by molar-refractivity contribution is 5.59. The third-order valence-corrected chi connectivity index (χ3v) is 4.07. The van der Waals surface area contributed by atoms with E-state index in [4.69, 9.17) is 4.74 Å². The minimum atomic E-state index is 0.768. The molecule has 0 fully saturated rings. The Hall–Kier alpha value is -1.83. The first-order valence-corrected chi connectivity index (χ1v) is 9.01. The van der Waals surface area contributed by atoms with Crippen LogP contribution in [0.15, 0.2) is 42.6 Å². The summed E-state index contributed by atoms with van der Waals surface area (Å²) >= 11 is 0. The molecule has 124 valence electrons. The van der Waals surface area contributed by atoms with Crippen LogP contribution < -0.4 is 4.74 Å². The van der Waals surface area contributed by atoms with Crippen molar-refractivity contribution in [1.82, 2.24) is 4.98 Å². The van der Waals surface area contributed by atoms with Gasteiger partial charge in [0.2, 0.25) is 0 Å². The Bertz CT molecular complexity index is 545. The van der Waals surface area contributed by atoms with E-state index in [0.717, 1.165) is 30.9 Å². The molecule has 23 heavy (non-hydrogen) atoms. The van der Waals surface area contributed by atoms with Crippen molar-refractivity contribution in [3.8, 4) is 17.0 Å². The number of aryl methyl sites for hydroxylation is 1. The minimum Gasteiger partial charge on any atom is -0.492 e. The van der Waals surface area contributed by atoms with Crippen LogP contribution >= 0.6 is 0 Å². The van der Waals surface area contributed by atoms with Gasteiger partial charge in [-0.3, -0.25) is 4.98 Å². The number of rotatable bonds is 10. The summed E-state index contributed by atoms with van der Waals surface area (Å²) in [5.41, 5.74) is 3.59. The third kappa shape index (κ3) is 6.05. The summed E-state index contributed by atoms with van der Waals surface area (Å²) < 4.78 is 5.66. The predicted octanol–water partition coefficient (Wildman–Crippen LogP) is 6.05. The Morgan fingerprint density at radius 2 is 1.61 bits per heavy atom. The minimum absolute atomic E-state index is 0.768. The molecule has 0 amide bonds. The van der Waals surface area contributed by atoms with Crippen molar-refractivity contribution in [2.24, 2.45) is 0 Å². The first kappa shape index (κ1) is 17.5. The lowest BCUT2D eigenvalue weighted by Crippen LogP contribution is -1.97. The van der Waals surface area contributed by atoms with Crippen molar-refractivity contribution in [2.45, 2.75) is 58.8 Å². The van der Waals surface area contributed by atoms with Gasteiger partial charge in [-0.15, -0.1) is 0 Å². The van der Waals surface area contributed by atoms with Gasteiger partial charge in [0.05, 0.1) is 18.5 Å². The lowest BCUT2D eigenvalue weighted by atomic mass is 10.0. The van der Waals surface area contributed by atoms with E-state index in [1.54, 1.807) is 0 Å². The molecule has 2 rings (SSSR count). The Balaban J connectivity index is 1.88. The van der Waals surface area contributed by atoms with Gasteiger partial charge in [-0.1, -0.05) is 63.8 Å². The van der Waals surface area contributed by atoms with E-state index in [0.29, 0.717) is 0 Å². The highest BCUT2D eigenvalue weighted by Gasteiger charge is 2.01. The first-order chi connectivity index (χ1) is 11.3. The maximum atomic E-state index is 5.66. The van der Waals surface area contributed by atoms with Crippen LogP contribution in [0.5, 0.6) is 5.75 Å². The molecular formula is C21H29NO. The van der Waals surface area contributed by atoms with Crippen molar-refractivity contribution in [3.63, 3.8) is 0 Å². The molecule has 0 N–H and O–H groups in total.